The van der Waals surface area contributed by atoms with Gasteiger partial charge >= 0.3 is 5.88 Å². The summed E-state index contributed by atoms with van der Waals surface area (Å²) in [6, 6.07) is 0. The molecule has 106 valence electrons. The molecular weight excluding hydrogens is 246 g/mol. The van der Waals surface area contributed by atoms with Crippen molar-refractivity contribution in [2.75, 3.05) is 38.2 Å². The smallest absolute Gasteiger partial charge is 0.324 e. The summed E-state index contributed by atoms with van der Waals surface area (Å²) >= 11 is 0. The topological polar surface area (TPSA) is 71.8 Å². The molecule has 0 saturated carbocycles. The lowest BCUT2D eigenvalue weighted by Gasteiger charge is -2.26. The molecule has 1 aliphatic heterocycles. The molecule has 0 amide bonds. The predicted molar refractivity (Wildman–Crippen MR) is 68.7 cm³/mol. The summed E-state index contributed by atoms with van der Waals surface area (Å²) in [6.45, 7) is 7.70. The molecule has 0 bridgehead atoms. The zero-order valence-corrected chi connectivity index (χ0v) is 11.7. The van der Waals surface area contributed by atoms with Crippen molar-refractivity contribution in [3.05, 3.63) is 6.20 Å². The molecule has 19 heavy (non-hydrogen) atoms. The van der Waals surface area contributed by atoms with E-state index in [1.807, 2.05) is 13.8 Å². The third-order valence-electron chi connectivity index (χ3n) is 3.03. The molecule has 0 radical (unpaired) electrons. The molecular formula is C12H21N5O2. The fraction of sp³-hybridized carbons (Fsp3) is 0.750. The van der Waals surface area contributed by atoms with Gasteiger partial charge in [0, 0.05) is 13.1 Å². The van der Waals surface area contributed by atoms with Crippen LogP contribution in [0.15, 0.2) is 15.7 Å². The second-order valence-electron chi connectivity index (χ2n) is 5.32. The van der Waals surface area contributed by atoms with E-state index >= 15 is 0 Å². The van der Waals surface area contributed by atoms with Gasteiger partial charge < -0.3 is 10.0 Å². The van der Waals surface area contributed by atoms with E-state index in [-0.39, 0.29) is 11.8 Å². The molecule has 0 N–H and O–H groups in total. The molecule has 0 spiro atoms. The molecule has 1 saturated heterocycles. The highest BCUT2D eigenvalue weighted by Crippen LogP contribution is 2.08. The summed E-state index contributed by atoms with van der Waals surface area (Å²) in [5.74, 6) is 0.394. The van der Waals surface area contributed by atoms with Crippen molar-refractivity contribution in [1.29, 1.82) is 0 Å². The Hall–Kier alpha value is -1.63. The van der Waals surface area contributed by atoms with Crippen molar-refractivity contribution in [1.82, 2.24) is 10.2 Å². The third-order valence-corrected chi connectivity index (χ3v) is 3.03. The SMILES string of the molecule is CC(C)C/C([O-])=N/c1c[n+](N2CCN(C)CC2)no1. The second-order valence-corrected chi connectivity index (χ2v) is 5.32. The van der Waals surface area contributed by atoms with E-state index in [1.54, 1.807) is 11.0 Å². The highest BCUT2D eigenvalue weighted by molar-refractivity contribution is 5.73. The van der Waals surface area contributed by atoms with Gasteiger partial charge in [-0.05, 0) is 25.3 Å². The van der Waals surface area contributed by atoms with Gasteiger partial charge in [-0.1, -0.05) is 13.8 Å². The van der Waals surface area contributed by atoms with Gasteiger partial charge in [-0.15, -0.1) is 0 Å². The van der Waals surface area contributed by atoms with Crippen molar-refractivity contribution in [3.8, 4) is 0 Å². The molecule has 1 fully saturated rings. The maximum atomic E-state index is 11.6. The van der Waals surface area contributed by atoms with Crippen LogP contribution in [0.1, 0.15) is 20.3 Å². The number of aliphatic imine (C=N–C) groups is 1. The maximum Gasteiger partial charge on any atom is 0.324 e. The minimum absolute atomic E-state index is 0.170. The zero-order chi connectivity index (χ0) is 13.8. The highest BCUT2D eigenvalue weighted by Gasteiger charge is 2.24. The standard InChI is InChI=1S/C12H21N5O2/c1-10(2)8-11(18)13-12-9-17(14-19-12)16-6-4-15(3)5-7-16/h9-10H,4-8H2,1-3H3. The molecule has 1 aromatic heterocycles. The molecule has 2 heterocycles. The highest BCUT2D eigenvalue weighted by atomic mass is 16.5. The van der Waals surface area contributed by atoms with Gasteiger partial charge in [0.05, 0.1) is 17.9 Å². The number of aromatic nitrogens is 2. The Morgan fingerprint density at radius 2 is 2.16 bits per heavy atom. The number of likely N-dealkylation sites (N-methyl/N-ethyl adjacent to an activating group) is 1. The van der Waals surface area contributed by atoms with E-state index < -0.39 is 0 Å². The Morgan fingerprint density at radius 1 is 1.47 bits per heavy atom. The molecule has 2 rings (SSSR count). The first-order chi connectivity index (χ1) is 9.04. The third kappa shape index (κ3) is 3.92. The van der Waals surface area contributed by atoms with E-state index in [2.05, 4.69) is 27.2 Å². The first-order valence-electron chi connectivity index (χ1n) is 6.61. The molecule has 1 aromatic rings. The summed E-state index contributed by atoms with van der Waals surface area (Å²) in [7, 11) is 2.09. The van der Waals surface area contributed by atoms with Crippen LogP contribution in [0.3, 0.4) is 0 Å². The van der Waals surface area contributed by atoms with Gasteiger partial charge in [0.1, 0.15) is 0 Å². The van der Waals surface area contributed by atoms with Gasteiger partial charge in [-0.2, -0.15) is 5.01 Å². The molecule has 1 aliphatic rings. The number of rotatable bonds is 4. The van der Waals surface area contributed by atoms with Crippen molar-refractivity contribution in [2.45, 2.75) is 20.3 Å². The average Bonchev–Trinajstić information content (AvgIpc) is 2.77. The minimum atomic E-state index is -0.170. The number of hydrogen-bond acceptors (Lipinski definition) is 6. The second kappa shape index (κ2) is 6.01. The van der Waals surface area contributed by atoms with Crippen LogP contribution in [0.5, 0.6) is 0 Å². The fourth-order valence-corrected chi connectivity index (χ4v) is 1.93. The normalized spacial score (nSPS) is 18.3. The summed E-state index contributed by atoms with van der Waals surface area (Å²) in [5.41, 5.74) is 0. The number of nitrogens with zero attached hydrogens (tertiary/aromatic N) is 5. The minimum Gasteiger partial charge on any atom is -0.862 e. The maximum absolute atomic E-state index is 11.6. The first kappa shape index (κ1) is 13.8. The predicted octanol–water partition coefficient (Wildman–Crippen LogP) is -0.718. The average molecular weight is 267 g/mol. The van der Waals surface area contributed by atoms with Gasteiger partial charge in [-0.25, -0.2) is 4.99 Å². The van der Waals surface area contributed by atoms with Crippen LogP contribution in [-0.2, 0) is 0 Å². The zero-order valence-electron chi connectivity index (χ0n) is 11.7. The Kier molecular flexibility index (Phi) is 4.36. The summed E-state index contributed by atoms with van der Waals surface area (Å²) in [6.07, 6.45) is 2.08. The van der Waals surface area contributed by atoms with Crippen molar-refractivity contribution in [3.63, 3.8) is 0 Å². The lowest BCUT2D eigenvalue weighted by molar-refractivity contribution is -0.759. The summed E-state index contributed by atoms with van der Waals surface area (Å²) in [5, 5.41) is 17.5. The fourth-order valence-electron chi connectivity index (χ4n) is 1.93. The number of hydrogen-bond donors (Lipinski definition) is 0. The Morgan fingerprint density at radius 3 is 2.79 bits per heavy atom. The lowest BCUT2D eigenvalue weighted by atomic mass is 10.1. The molecule has 0 aliphatic carbocycles. The van der Waals surface area contributed by atoms with Crippen molar-refractivity contribution in [2.24, 2.45) is 10.9 Å². The van der Waals surface area contributed by atoms with Crippen LogP contribution in [0.2, 0.25) is 0 Å². The van der Waals surface area contributed by atoms with E-state index in [4.69, 9.17) is 4.52 Å². The van der Waals surface area contributed by atoms with Crippen LogP contribution in [0.25, 0.3) is 0 Å². The number of piperazine rings is 1. The van der Waals surface area contributed by atoms with E-state index in [0.717, 1.165) is 26.2 Å². The Labute approximate surface area is 113 Å². The van der Waals surface area contributed by atoms with Crippen LogP contribution >= 0.6 is 0 Å². The molecule has 0 atom stereocenters. The van der Waals surface area contributed by atoms with Crippen LogP contribution in [0.4, 0.5) is 5.88 Å². The Bertz CT molecular complexity index is 435. The molecule has 0 aromatic carbocycles. The first-order valence-corrected chi connectivity index (χ1v) is 6.61. The molecule has 0 unspecified atom stereocenters. The quantitative estimate of drug-likeness (QED) is 0.409. The van der Waals surface area contributed by atoms with Crippen LogP contribution < -0.4 is 14.9 Å². The van der Waals surface area contributed by atoms with Gasteiger partial charge in [0.2, 0.25) is 5.27 Å². The summed E-state index contributed by atoms with van der Waals surface area (Å²) in [4.78, 5) is 7.80. The molecule has 7 nitrogen and oxygen atoms in total. The van der Waals surface area contributed by atoms with E-state index in [9.17, 15) is 5.11 Å². The monoisotopic (exact) mass is 267 g/mol. The lowest BCUT2D eigenvalue weighted by Crippen LogP contribution is -2.64. The largest absolute Gasteiger partial charge is 0.862 e. The molecule has 7 heteroatoms. The van der Waals surface area contributed by atoms with Gasteiger partial charge in [0.25, 0.3) is 6.20 Å². The Balaban J connectivity index is 1.99. The van der Waals surface area contributed by atoms with E-state index in [1.165, 1.54) is 0 Å². The van der Waals surface area contributed by atoms with Crippen molar-refractivity contribution >= 4 is 11.8 Å². The van der Waals surface area contributed by atoms with Crippen LogP contribution in [-0.4, -0.2) is 49.3 Å². The summed E-state index contributed by atoms with van der Waals surface area (Å²) < 4.78 is 5.07. The van der Waals surface area contributed by atoms with Crippen molar-refractivity contribution < 1.29 is 14.4 Å². The van der Waals surface area contributed by atoms with Crippen LogP contribution in [0, 0.1) is 5.92 Å². The van der Waals surface area contributed by atoms with Gasteiger partial charge in [0.15, 0.2) is 0 Å². The van der Waals surface area contributed by atoms with Gasteiger partial charge in [-0.3, -0.25) is 4.52 Å². The van der Waals surface area contributed by atoms with E-state index in [0.29, 0.717) is 12.3 Å².